The monoisotopic (exact) mass is 459 g/mol. The van der Waals surface area contributed by atoms with Crippen LogP contribution >= 0.6 is 0 Å². The number of aromatic nitrogens is 3. The maximum absolute atomic E-state index is 11.7. The number of imidazole rings is 1. The van der Waals surface area contributed by atoms with E-state index in [0.29, 0.717) is 31.2 Å². The Balaban J connectivity index is 1.21. The molecule has 2 aromatic heterocycles. The van der Waals surface area contributed by atoms with Gasteiger partial charge in [-0.05, 0) is 44.0 Å². The van der Waals surface area contributed by atoms with Crippen LogP contribution < -0.4 is 15.0 Å². The van der Waals surface area contributed by atoms with E-state index in [2.05, 4.69) is 46.0 Å². The molecule has 3 aromatic rings. The number of nitrogens with one attached hydrogen (secondary N) is 1. The summed E-state index contributed by atoms with van der Waals surface area (Å²) in [6, 6.07) is 8.94. The van der Waals surface area contributed by atoms with Crippen LogP contribution in [0.2, 0.25) is 0 Å². The van der Waals surface area contributed by atoms with Crippen molar-refractivity contribution >= 4 is 22.6 Å². The molecule has 1 aromatic carbocycles. The first kappa shape index (κ1) is 20.3. The van der Waals surface area contributed by atoms with Crippen LogP contribution in [0.1, 0.15) is 38.6 Å². The van der Waals surface area contributed by atoms with Crippen LogP contribution in [0.25, 0.3) is 22.3 Å². The molecule has 1 saturated carbocycles. The average Bonchev–Trinajstić information content (AvgIpc) is 3.44. The molecule has 4 saturated heterocycles. The van der Waals surface area contributed by atoms with Gasteiger partial charge in [-0.15, -0.1) is 0 Å². The molecule has 1 amide bonds. The van der Waals surface area contributed by atoms with Crippen molar-refractivity contribution in [1.82, 2.24) is 19.9 Å². The van der Waals surface area contributed by atoms with Crippen molar-refractivity contribution in [3.05, 3.63) is 36.8 Å². The highest BCUT2D eigenvalue weighted by atomic mass is 16.5. The SMILES string of the molecule is CC(Oc1cc(-c2ccc(N3CC4CC(C3)O4)cn2)cc2ncn(C3CC3)c12)[C@H]1CNC(=O)C1. The molecule has 6 heterocycles. The highest BCUT2D eigenvalue weighted by Gasteiger charge is 2.38. The zero-order valence-electron chi connectivity index (χ0n) is 19.3. The molecule has 5 fully saturated rings. The highest BCUT2D eigenvalue weighted by Crippen LogP contribution is 2.41. The number of amides is 1. The first-order valence-electron chi connectivity index (χ1n) is 12.4. The zero-order valence-corrected chi connectivity index (χ0v) is 19.3. The quantitative estimate of drug-likeness (QED) is 0.609. The third-order valence-electron chi connectivity index (χ3n) is 7.73. The van der Waals surface area contributed by atoms with Crippen molar-refractivity contribution in [2.75, 3.05) is 24.5 Å². The van der Waals surface area contributed by atoms with Gasteiger partial charge in [0.1, 0.15) is 17.4 Å². The van der Waals surface area contributed by atoms with Crippen molar-refractivity contribution in [3.63, 3.8) is 0 Å². The summed E-state index contributed by atoms with van der Waals surface area (Å²) in [5.74, 6) is 1.09. The van der Waals surface area contributed by atoms with Gasteiger partial charge in [-0.3, -0.25) is 9.78 Å². The van der Waals surface area contributed by atoms with E-state index in [1.54, 1.807) is 0 Å². The normalized spacial score (nSPS) is 26.9. The lowest BCUT2D eigenvalue weighted by atomic mass is 9.98. The van der Waals surface area contributed by atoms with E-state index in [1.165, 1.54) is 19.3 Å². The van der Waals surface area contributed by atoms with Crippen molar-refractivity contribution in [3.8, 4) is 17.0 Å². The molecule has 1 N–H and O–H groups in total. The van der Waals surface area contributed by atoms with Crippen LogP contribution in [0.5, 0.6) is 5.75 Å². The zero-order chi connectivity index (χ0) is 22.8. The summed E-state index contributed by atoms with van der Waals surface area (Å²) < 4.78 is 14.5. The fourth-order valence-electron chi connectivity index (χ4n) is 5.57. The summed E-state index contributed by atoms with van der Waals surface area (Å²) in [4.78, 5) is 23.6. The Morgan fingerprint density at radius 1 is 1.18 bits per heavy atom. The van der Waals surface area contributed by atoms with Crippen molar-refractivity contribution < 1.29 is 14.3 Å². The fraction of sp³-hybridized carbons (Fsp3) is 0.500. The number of carbonyl (C=O) groups is 1. The molecule has 3 unspecified atom stereocenters. The molecule has 1 aliphatic carbocycles. The Morgan fingerprint density at radius 2 is 2.00 bits per heavy atom. The molecule has 8 rings (SSSR count). The van der Waals surface area contributed by atoms with Crippen LogP contribution in [-0.4, -0.2) is 58.4 Å². The van der Waals surface area contributed by atoms with Gasteiger partial charge in [0, 0.05) is 50.0 Å². The number of rotatable bonds is 6. The molecule has 34 heavy (non-hydrogen) atoms. The number of benzene rings is 1. The summed E-state index contributed by atoms with van der Waals surface area (Å²) in [7, 11) is 0. The molecule has 4 aliphatic heterocycles. The van der Waals surface area contributed by atoms with Crippen molar-refractivity contribution in [2.45, 2.75) is 57.0 Å². The number of pyridine rings is 1. The summed E-state index contributed by atoms with van der Waals surface area (Å²) in [6.45, 7) is 4.60. The van der Waals surface area contributed by atoms with Crippen LogP contribution in [0.15, 0.2) is 36.8 Å². The predicted molar refractivity (Wildman–Crippen MR) is 128 cm³/mol. The molecule has 5 aliphatic rings. The molecule has 176 valence electrons. The molecule has 2 bridgehead atoms. The van der Waals surface area contributed by atoms with Gasteiger partial charge < -0.3 is 24.3 Å². The lowest BCUT2D eigenvalue weighted by Crippen LogP contribution is -2.57. The Bertz CT molecular complexity index is 1240. The number of fused-ring (bicyclic) bond motifs is 3. The lowest BCUT2D eigenvalue weighted by Gasteiger charge is -2.47. The Morgan fingerprint density at radius 3 is 2.68 bits per heavy atom. The molecule has 0 spiro atoms. The summed E-state index contributed by atoms with van der Waals surface area (Å²) in [5, 5.41) is 2.92. The van der Waals surface area contributed by atoms with Crippen molar-refractivity contribution in [1.29, 1.82) is 0 Å². The minimum Gasteiger partial charge on any atom is -0.488 e. The number of ether oxygens (including phenoxy) is 2. The summed E-state index contributed by atoms with van der Waals surface area (Å²) in [5.41, 5.74) is 5.00. The van der Waals surface area contributed by atoms with Gasteiger partial charge in [0.25, 0.3) is 0 Å². The average molecular weight is 460 g/mol. The highest BCUT2D eigenvalue weighted by molar-refractivity contribution is 5.88. The van der Waals surface area contributed by atoms with Gasteiger partial charge >= 0.3 is 0 Å². The lowest BCUT2D eigenvalue weighted by molar-refractivity contribution is -0.133. The predicted octanol–water partition coefficient (Wildman–Crippen LogP) is 3.31. The van der Waals surface area contributed by atoms with Crippen LogP contribution in [0.4, 0.5) is 5.69 Å². The fourth-order valence-corrected chi connectivity index (χ4v) is 5.57. The Hall–Kier alpha value is -3.13. The molecular weight excluding hydrogens is 430 g/mol. The third kappa shape index (κ3) is 3.52. The number of anilines is 1. The van der Waals surface area contributed by atoms with E-state index in [4.69, 9.17) is 19.4 Å². The minimum absolute atomic E-state index is 0.0805. The van der Waals surface area contributed by atoms with E-state index in [0.717, 1.165) is 46.8 Å². The second kappa shape index (κ2) is 7.70. The van der Waals surface area contributed by atoms with Crippen LogP contribution in [0, 0.1) is 5.92 Å². The van der Waals surface area contributed by atoms with E-state index in [-0.39, 0.29) is 17.9 Å². The van der Waals surface area contributed by atoms with Gasteiger partial charge in [-0.25, -0.2) is 4.98 Å². The van der Waals surface area contributed by atoms with E-state index in [9.17, 15) is 4.79 Å². The molecule has 8 heteroatoms. The van der Waals surface area contributed by atoms with Crippen LogP contribution in [0.3, 0.4) is 0 Å². The van der Waals surface area contributed by atoms with Crippen molar-refractivity contribution in [2.24, 2.45) is 5.92 Å². The number of hydrogen-bond acceptors (Lipinski definition) is 6. The topological polar surface area (TPSA) is 81.5 Å². The number of hydrogen-bond donors (Lipinski definition) is 1. The Kier molecular flexibility index (Phi) is 4.59. The summed E-state index contributed by atoms with van der Waals surface area (Å²) in [6.07, 6.45) is 8.61. The molecular formula is C26H29N5O3. The molecule has 4 atom stereocenters. The number of nitrogens with zero attached hydrogens (tertiary/aromatic N) is 4. The maximum atomic E-state index is 11.7. The van der Waals surface area contributed by atoms with Gasteiger partial charge in [0.2, 0.25) is 5.91 Å². The largest absolute Gasteiger partial charge is 0.488 e. The second-order valence-corrected chi connectivity index (χ2v) is 10.2. The standard InChI is InChI=1S/C26H29N5O3/c1-15(17-8-25(32)28-10-17)33-24-7-16(6-23-26(24)31(14-29-23)18-2-3-18)22-5-4-19(11-27-22)30-12-20-9-21(13-30)34-20/h4-7,11,14-15,17-18,20-21H,2-3,8-10,12-13H2,1H3,(H,28,32)/t15?,17-,20?,21?/m1/s1. The van der Waals surface area contributed by atoms with E-state index < -0.39 is 0 Å². The van der Waals surface area contributed by atoms with Gasteiger partial charge in [-0.1, -0.05) is 0 Å². The Labute approximate surface area is 198 Å². The number of carbonyl (C=O) groups excluding carboxylic acids is 1. The van der Waals surface area contributed by atoms with E-state index in [1.807, 2.05) is 12.5 Å². The minimum atomic E-state index is -0.0805. The molecule has 8 nitrogen and oxygen atoms in total. The second-order valence-electron chi connectivity index (χ2n) is 10.2. The van der Waals surface area contributed by atoms with Crippen LogP contribution in [-0.2, 0) is 9.53 Å². The van der Waals surface area contributed by atoms with Gasteiger partial charge in [-0.2, -0.15) is 0 Å². The first-order chi connectivity index (χ1) is 16.6. The van der Waals surface area contributed by atoms with E-state index >= 15 is 0 Å². The molecule has 0 radical (unpaired) electrons. The smallest absolute Gasteiger partial charge is 0.220 e. The third-order valence-corrected chi connectivity index (χ3v) is 7.73. The summed E-state index contributed by atoms with van der Waals surface area (Å²) >= 11 is 0. The maximum Gasteiger partial charge on any atom is 0.220 e. The van der Waals surface area contributed by atoms with Gasteiger partial charge in [0.15, 0.2) is 0 Å². The first-order valence-corrected chi connectivity index (χ1v) is 12.4. The number of morpholine rings is 1. The number of piperidine rings is 1. The van der Waals surface area contributed by atoms with Gasteiger partial charge in [0.05, 0.1) is 41.6 Å².